The fourth-order valence-corrected chi connectivity index (χ4v) is 2.43. The molecule has 0 atom stereocenters. The van der Waals surface area contributed by atoms with Gasteiger partial charge >= 0.3 is 0 Å². The van der Waals surface area contributed by atoms with Crippen molar-refractivity contribution < 1.29 is 14.3 Å². The summed E-state index contributed by atoms with van der Waals surface area (Å²) in [5, 5.41) is 9.51. The van der Waals surface area contributed by atoms with E-state index in [9.17, 15) is 10.1 Å². The Morgan fingerprint density at radius 2 is 2.08 bits per heavy atom. The van der Waals surface area contributed by atoms with Gasteiger partial charge in [-0.25, -0.2) is 4.98 Å². The molecule has 0 aliphatic carbocycles. The molecule has 0 aliphatic rings. The number of para-hydroxylation sites is 1. The Labute approximate surface area is 149 Å². The molecule has 3 aromatic rings. The Kier molecular flexibility index (Phi) is 4.85. The van der Waals surface area contributed by atoms with Crippen molar-refractivity contribution in [3.8, 4) is 17.6 Å². The van der Waals surface area contributed by atoms with Gasteiger partial charge in [0.05, 0.1) is 18.2 Å². The normalized spacial score (nSPS) is 11.2. The number of H-pyrrole nitrogens is 1. The van der Waals surface area contributed by atoms with Crippen LogP contribution in [0.2, 0.25) is 0 Å². The van der Waals surface area contributed by atoms with Crippen LogP contribution in [-0.2, 0) is 4.79 Å². The van der Waals surface area contributed by atoms with E-state index in [0.717, 1.165) is 11.1 Å². The number of nitrogens with zero attached hydrogens (tertiary/aromatic N) is 2. The largest absolute Gasteiger partial charge is 0.494 e. The lowest BCUT2D eigenvalue weighted by Crippen LogP contribution is -2.19. The minimum absolute atomic E-state index is 0.181. The fraction of sp³-hybridized carbons (Fsp3) is 0.105. The van der Waals surface area contributed by atoms with Gasteiger partial charge in [-0.3, -0.25) is 4.79 Å². The van der Waals surface area contributed by atoms with Crippen LogP contribution in [0, 0.1) is 11.3 Å². The number of nitriles is 1. The van der Waals surface area contributed by atoms with Crippen molar-refractivity contribution in [3.63, 3.8) is 0 Å². The maximum atomic E-state index is 10.7. The number of hydrogen-bond acceptors (Lipinski definition) is 5. The molecule has 7 heteroatoms. The zero-order chi connectivity index (χ0) is 18.5. The third-order valence-electron chi connectivity index (χ3n) is 3.64. The van der Waals surface area contributed by atoms with Gasteiger partial charge in [0, 0.05) is 0 Å². The number of carbonyl (C=O) groups is 1. The predicted octanol–water partition coefficient (Wildman–Crippen LogP) is 2.50. The molecule has 1 heterocycles. The summed E-state index contributed by atoms with van der Waals surface area (Å²) in [4.78, 5) is 18.3. The second-order valence-electron chi connectivity index (χ2n) is 5.44. The number of imidazole rings is 1. The lowest BCUT2D eigenvalue weighted by atomic mass is 10.1. The Morgan fingerprint density at radius 1 is 1.31 bits per heavy atom. The molecular weight excluding hydrogens is 332 g/mol. The van der Waals surface area contributed by atoms with E-state index < -0.39 is 5.91 Å². The summed E-state index contributed by atoms with van der Waals surface area (Å²) in [5.41, 5.74) is 7.67. The molecule has 0 saturated carbocycles. The molecule has 1 aromatic heterocycles. The summed E-state index contributed by atoms with van der Waals surface area (Å²) in [6.07, 6.45) is 1.71. The fourth-order valence-electron chi connectivity index (χ4n) is 2.43. The van der Waals surface area contributed by atoms with Crippen molar-refractivity contribution in [2.75, 3.05) is 13.7 Å². The highest BCUT2D eigenvalue weighted by Crippen LogP contribution is 2.26. The highest BCUT2D eigenvalue weighted by Gasteiger charge is 2.11. The molecule has 1 amide bonds. The van der Waals surface area contributed by atoms with Crippen LogP contribution in [-0.4, -0.2) is 29.6 Å². The number of primary amides is 1. The lowest BCUT2D eigenvalue weighted by Gasteiger charge is -2.03. The Hall–Kier alpha value is -3.79. The van der Waals surface area contributed by atoms with Gasteiger partial charge in [-0.05, 0) is 35.9 Å². The van der Waals surface area contributed by atoms with Crippen molar-refractivity contribution in [2.45, 2.75) is 0 Å². The van der Waals surface area contributed by atoms with Gasteiger partial charge in [0.1, 0.15) is 28.9 Å². The van der Waals surface area contributed by atoms with Gasteiger partial charge in [-0.2, -0.15) is 5.26 Å². The number of benzene rings is 2. The summed E-state index contributed by atoms with van der Waals surface area (Å²) in [6.45, 7) is -0.181. The summed E-state index contributed by atoms with van der Waals surface area (Å²) >= 11 is 0. The molecule has 7 nitrogen and oxygen atoms in total. The number of aromatic nitrogens is 2. The van der Waals surface area contributed by atoms with Crippen LogP contribution >= 0.6 is 0 Å². The first-order valence-corrected chi connectivity index (χ1v) is 7.77. The van der Waals surface area contributed by atoms with Crippen molar-refractivity contribution in [3.05, 3.63) is 53.9 Å². The van der Waals surface area contributed by atoms with Gasteiger partial charge in [0.2, 0.25) is 0 Å². The third kappa shape index (κ3) is 3.65. The van der Waals surface area contributed by atoms with Crippen LogP contribution in [0.25, 0.3) is 22.7 Å². The molecule has 0 fully saturated rings. The molecule has 0 saturated heterocycles. The van der Waals surface area contributed by atoms with Crippen molar-refractivity contribution in [1.82, 2.24) is 9.97 Å². The van der Waals surface area contributed by atoms with E-state index in [2.05, 4.69) is 16.0 Å². The van der Waals surface area contributed by atoms with Crippen LogP contribution in [0.5, 0.6) is 11.5 Å². The molecule has 0 bridgehead atoms. The topological polar surface area (TPSA) is 114 Å². The highest BCUT2D eigenvalue weighted by molar-refractivity contribution is 5.91. The molecule has 0 spiro atoms. The standard InChI is InChI=1S/C19H16N4O3/c1-25-16-4-2-3-15-18(16)23-19(22-15)13(10-20)9-12-5-7-14(8-6-12)26-11-17(21)24/h2-9H,11H2,1H3,(H2,21,24)(H,22,23)/b13-9+. The molecule has 0 aliphatic heterocycles. The van der Waals surface area contributed by atoms with E-state index in [1.165, 1.54) is 0 Å². The molecule has 2 aromatic carbocycles. The number of fused-ring (bicyclic) bond motifs is 1. The Morgan fingerprint density at radius 3 is 2.73 bits per heavy atom. The number of aromatic amines is 1. The van der Waals surface area contributed by atoms with E-state index in [4.69, 9.17) is 15.2 Å². The van der Waals surface area contributed by atoms with Crippen molar-refractivity contribution in [2.24, 2.45) is 5.73 Å². The molecule has 0 radical (unpaired) electrons. The SMILES string of the molecule is COc1cccc2[nH]c(/C(C#N)=C/c3ccc(OCC(N)=O)cc3)nc12. The van der Waals surface area contributed by atoms with Gasteiger partial charge in [0.25, 0.3) is 5.91 Å². The van der Waals surface area contributed by atoms with E-state index >= 15 is 0 Å². The summed E-state index contributed by atoms with van der Waals surface area (Å²) in [7, 11) is 1.58. The minimum atomic E-state index is -0.541. The predicted molar refractivity (Wildman–Crippen MR) is 97.3 cm³/mol. The highest BCUT2D eigenvalue weighted by atomic mass is 16.5. The Balaban J connectivity index is 1.89. The maximum absolute atomic E-state index is 10.7. The number of methoxy groups -OCH3 is 1. The number of amides is 1. The first-order chi connectivity index (χ1) is 12.6. The van der Waals surface area contributed by atoms with Crippen LogP contribution < -0.4 is 15.2 Å². The van der Waals surface area contributed by atoms with E-state index in [1.54, 1.807) is 37.5 Å². The van der Waals surface area contributed by atoms with Gasteiger partial charge in [-0.1, -0.05) is 18.2 Å². The molecule has 130 valence electrons. The summed E-state index contributed by atoms with van der Waals surface area (Å²) < 4.78 is 10.5. The van der Waals surface area contributed by atoms with Gasteiger partial charge in [-0.15, -0.1) is 0 Å². The zero-order valence-electron chi connectivity index (χ0n) is 14.0. The van der Waals surface area contributed by atoms with E-state index in [0.29, 0.717) is 28.4 Å². The molecule has 26 heavy (non-hydrogen) atoms. The van der Waals surface area contributed by atoms with Gasteiger partial charge in [0.15, 0.2) is 6.61 Å². The molecular formula is C19H16N4O3. The van der Waals surface area contributed by atoms with Crippen LogP contribution in [0.1, 0.15) is 11.4 Å². The van der Waals surface area contributed by atoms with Crippen LogP contribution in [0.4, 0.5) is 0 Å². The smallest absolute Gasteiger partial charge is 0.255 e. The van der Waals surface area contributed by atoms with Crippen LogP contribution in [0.15, 0.2) is 42.5 Å². The van der Waals surface area contributed by atoms with E-state index in [-0.39, 0.29) is 6.61 Å². The zero-order valence-corrected chi connectivity index (χ0v) is 14.0. The molecule has 0 unspecified atom stereocenters. The number of nitrogens with one attached hydrogen (secondary N) is 1. The quantitative estimate of drug-likeness (QED) is 0.664. The second-order valence-corrected chi connectivity index (χ2v) is 5.44. The number of allylic oxidation sites excluding steroid dienone is 1. The van der Waals surface area contributed by atoms with Crippen molar-refractivity contribution in [1.29, 1.82) is 5.26 Å². The maximum Gasteiger partial charge on any atom is 0.255 e. The number of rotatable bonds is 6. The van der Waals surface area contributed by atoms with E-state index in [1.807, 2.05) is 18.2 Å². The minimum Gasteiger partial charge on any atom is -0.494 e. The number of carbonyl (C=O) groups excluding carboxylic acids is 1. The van der Waals surface area contributed by atoms with Crippen LogP contribution in [0.3, 0.4) is 0 Å². The number of nitrogens with two attached hydrogens (primary N) is 1. The first kappa shape index (κ1) is 17.0. The summed E-state index contributed by atoms with van der Waals surface area (Å²) in [6, 6.07) is 14.6. The molecule has 3 rings (SSSR count). The average molecular weight is 348 g/mol. The molecule has 3 N–H and O–H groups in total. The average Bonchev–Trinajstić information content (AvgIpc) is 3.09. The Bertz CT molecular complexity index is 1010. The van der Waals surface area contributed by atoms with Gasteiger partial charge < -0.3 is 20.2 Å². The monoisotopic (exact) mass is 348 g/mol. The summed E-state index contributed by atoms with van der Waals surface area (Å²) in [5.74, 6) is 1.08. The van der Waals surface area contributed by atoms with Crippen molar-refractivity contribution >= 4 is 28.6 Å². The second kappa shape index (κ2) is 7.40. The number of ether oxygens (including phenoxy) is 2. The number of hydrogen-bond donors (Lipinski definition) is 2. The lowest BCUT2D eigenvalue weighted by molar-refractivity contribution is -0.119. The first-order valence-electron chi connectivity index (χ1n) is 7.77. The third-order valence-corrected chi connectivity index (χ3v) is 3.64.